The molecule has 1 aliphatic carbocycles. The van der Waals surface area contributed by atoms with Gasteiger partial charge in [-0.3, -0.25) is 9.59 Å². The Kier molecular flexibility index (Phi) is 8.67. The number of carbonyl (C=O) groups is 2. The van der Waals surface area contributed by atoms with Crippen LogP contribution in [0.3, 0.4) is 0 Å². The van der Waals surface area contributed by atoms with Crippen LogP contribution in [0.25, 0.3) is 0 Å². The molecule has 1 saturated carbocycles. The SMILES string of the molecule is Cc1csc(CN(C)C(=O)c2cccc(C(=O)C[C@@H](Cc3ccccc3)[C@H](O)[C@@H]3CC[C@H](O)C3)c2)n1. The van der Waals surface area contributed by atoms with Crippen LogP contribution in [0.2, 0.25) is 0 Å². The number of aliphatic hydroxyl groups excluding tert-OH is 2. The minimum Gasteiger partial charge on any atom is -0.393 e. The van der Waals surface area contributed by atoms with Crippen LogP contribution >= 0.6 is 11.3 Å². The van der Waals surface area contributed by atoms with Crippen LogP contribution in [-0.2, 0) is 13.0 Å². The van der Waals surface area contributed by atoms with Gasteiger partial charge in [-0.2, -0.15) is 0 Å². The van der Waals surface area contributed by atoms with Crippen LogP contribution < -0.4 is 0 Å². The molecule has 2 N–H and O–H groups in total. The molecule has 1 heterocycles. The van der Waals surface area contributed by atoms with E-state index in [0.29, 0.717) is 36.9 Å². The summed E-state index contributed by atoms with van der Waals surface area (Å²) in [5.74, 6) is -0.553. The second-order valence-corrected chi connectivity index (χ2v) is 10.9. The number of thiazole rings is 1. The zero-order valence-corrected chi connectivity index (χ0v) is 21.7. The summed E-state index contributed by atoms with van der Waals surface area (Å²) in [6.45, 7) is 2.34. The van der Waals surface area contributed by atoms with Crippen molar-refractivity contribution in [2.24, 2.45) is 11.8 Å². The maximum atomic E-state index is 13.4. The summed E-state index contributed by atoms with van der Waals surface area (Å²) in [6, 6.07) is 16.7. The van der Waals surface area contributed by atoms with E-state index < -0.39 is 6.10 Å². The third-order valence-electron chi connectivity index (χ3n) is 7.02. The highest BCUT2D eigenvalue weighted by molar-refractivity contribution is 7.09. The molecule has 6 nitrogen and oxygen atoms in total. The van der Waals surface area contributed by atoms with Crippen molar-refractivity contribution >= 4 is 23.0 Å². The summed E-state index contributed by atoms with van der Waals surface area (Å²) >= 11 is 1.52. The van der Waals surface area contributed by atoms with Gasteiger partial charge in [0.15, 0.2) is 5.78 Å². The first-order valence-electron chi connectivity index (χ1n) is 12.5. The van der Waals surface area contributed by atoms with Gasteiger partial charge < -0.3 is 15.1 Å². The predicted octanol–water partition coefficient (Wildman–Crippen LogP) is 4.68. The van der Waals surface area contributed by atoms with Gasteiger partial charge in [0.2, 0.25) is 0 Å². The predicted molar refractivity (Wildman–Crippen MR) is 141 cm³/mol. The first-order chi connectivity index (χ1) is 17.3. The number of ketones is 1. The molecule has 7 heteroatoms. The van der Waals surface area contributed by atoms with E-state index in [1.54, 1.807) is 36.2 Å². The fraction of sp³-hybridized carbons (Fsp3) is 0.414. The minimum absolute atomic E-state index is 0.0161. The minimum atomic E-state index is -0.677. The largest absolute Gasteiger partial charge is 0.393 e. The van der Waals surface area contributed by atoms with Crippen molar-refractivity contribution in [2.75, 3.05) is 7.05 Å². The maximum Gasteiger partial charge on any atom is 0.253 e. The van der Waals surface area contributed by atoms with Crippen molar-refractivity contribution in [1.82, 2.24) is 9.88 Å². The smallest absolute Gasteiger partial charge is 0.253 e. The van der Waals surface area contributed by atoms with Crippen molar-refractivity contribution < 1.29 is 19.8 Å². The second-order valence-electron chi connectivity index (χ2n) is 9.92. The monoisotopic (exact) mass is 506 g/mol. The molecule has 0 spiro atoms. The Labute approximate surface area is 216 Å². The lowest BCUT2D eigenvalue weighted by Gasteiger charge is -2.27. The van der Waals surface area contributed by atoms with Gasteiger partial charge in [0, 0.05) is 35.7 Å². The van der Waals surface area contributed by atoms with Gasteiger partial charge in [-0.05, 0) is 62.1 Å². The number of benzene rings is 2. The summed E-state index contributed by atoms with van der Waals surface area (Å²) in [4.78, 5) is 32.4. The van der Waals surface area contributed by atoms with E-state index in [0.717, 1.165) is 22.7 Å². The molecular formula is C29H34N2O4S. The summed E-state index contributed by atoms with van der Waals surface area (Å²) < 4.78 is 0. The highest BCUT2D eigenvalue weighted by Crippen LogP contribution is 2.34. The molecule has 1 aromatic heterocycles. The third-order valence-corrected chi connectivity index (χ3v) is 7.97. The van der Waals surface area contributed by atoms with E-state index in [1.807, 2.05) is 42.6 Å². The number of carbonyl (C=O) groups excluding carboxylic acids is 2. The van der Waals surface area contributed by atoms with E-state index in [2.05, 4.69) is 4.98 Å². The summed E-state index contributed by atoms with van der Waals surface area (Å²) in [5, 5.41) is 24.0. The molecule has 0 radical (unpaired) electrons. The number of hydrogen-bond acceptors (Lipinski definition) is 6. The molecule has 1 amide bonds. The van der Waals surface area contributed by atoms with E-state index in [-0.39, 0.29) is 36.1 Å². The average Bonchev–Trinajstić information content (AvgIpc) is 3.50. The van der Waals surface area contributed by atoms with E-state index >= 15 is 0 Å². The fourth-order valence-electron chi connectivity index (χ4n) is 5.07. The Morgan fingerprint density at radius 1 is 1.11 bits per heavy atom. The molecule has 0 unspecified atom stereocenters. The quantitative estimate of drug-likeness (QED) is 0.390. The van der Waals surface area contributed by atoms with Gasteiger partial charge in [-0.15, -0.1) is 11.3 Å². The van der Waals surface area contributed by atoms with Gasteiger partial charge >= 0.3 is 0 Å². The van der Waals surface area contributed by atoms with Crippen LogP contribution in [0.1, 0.15) is 62.7 Å². The van der Waals surface area contributed by atoms with Gasteiger partial charge in [0.05, 0.1) is 18.8 Å². The fourth-order valence-corrected chi connectivity index (χ4v) is 5.89. The Morgan fingerprint density at radius 3 is 2.53 bits per heavy atom. The Bertz CT molecular complexity index is 1180. The Hall–Kier alpha value is -2.87. The number of aryl methyl sites for hydroxylation is 1. The molecule has 0 saturated heterocycles. The molecule has 0 bridgehead atoms. The van der Waals surface area contributed by atoms with Crippen LogP contribution in [0.15, 0.2) is 60.0 Å². The number of Topliss-reactive ketones (excluding diaryl/α,β-unsaturated/α-hetero) is 1. The first kappa shape index (κ1) is 26.2. The molecule has 2 aromatic carbocycles. The summed E-state index contributed by atoms with van der Waals surface area (Å²) in [6.07, 6.45) is 1.71. The van der Waals surface area contributed by atoms with Crippen LogP contribution in [0, 0.1) is 18.8 Å². The lowest BCUT2D eigenvalue weighted by Crippen LogP contribution is -2.31. The highest BCUT2D eigenvalue weighted by Gasteiger charge is 2.34. The van der Waals surface area contributed by atoms with Gasteiger partial charge in [0.1, 0.15) is 5.01 Å². The number of amides is 1. The second kappa shape index (κ2) is 11.9. The topological polar surface area (TPSA) is 90.7 Å². The number of nitrogens with zero attached hydrogens (tertiary/aromatic N) is 2. The molecule has 190 valence electrons. The van der Waals surface area contributed by atoms with Crippen molar-refractivity contribution in [2.45, 2.75) is 57.8 Å². The first-order valence-corrected chi connectivity index (χ1v) is 13.4. The lowest BCUT2D eigenvalue weighted by molar-refractivity contribution is 0.0401. The molecule has 1 fully saturated rings. The van der Waals surface area contributed by atoms with E-state index in [4.69, 9.17) is 0 Å². The van der Waals surface area contributed by atoms with Crippen molar-refractivity contribution in [3.8, 4) is 0 Å². The number of hydrogen-bond donors (Lipinski definition) is 2. The molecule has 0 aliphatic heterocycles. The average molecular weight is 507 g/mol. The number of aliphatic hydroxyl groups is 2. The Balaban J connectivity index is 1.48. The summed E-state index contributed by atoms with van der Waals surface area (Å²) in [7, 11) is 1.73. The van der Waals surface area contributed by atoms with E-state index in [9.17, 15) is 19.8 Å². The van der Waals surface area contributed by atoms with Gasteiger partial charge in [-0.25, -0.2) is 4.98 Å². The van der Waals surface area contributed by atoms with Crippen molar-refractivity contribution in [3.63, 3.8) is 0 Å². The van der Waals surface area contributed by atoms with Crippen LogP contribution in [0.5, 0.6) is 0 Å². The van der Waals surface area contributed by atoms with Crippen LogP contribution in [-0.4, -0.2) is 51.0 Å². The van der Waals surface area contributed by atoms with E-state index in [1.165, 1.54) is 11.3 Å². The normalized spacial score (nSPS) is 19.1. The lowest BCUT2D eigenvalue weighted by atomic mass is 9.81. The molecule has 3 aromatic rings. The standard InChI is InChI=1S/C29H34N2O4S/c1-19-18-36-27(30-19)17-31(2)29(35)23-10-6-9-21(14-23)26(33)16-24(13-20-7-4-3-5-8-20)28(34)22-11-12-25(32)15-22/h3-10,14,18,22,24-25,28,32,34H,11-13,15-17H2,1-2H3/t22-,24-,25+,28-/m1/s1. The van der Waals surface area contributed by atoms with Gasteiger partial charge in [0.25, 0.3) is 5.91 Å². The molecule has 4 rings (SSSR count). The third kappa shape index (κ3) is 6.66. The Morgan fingerprint density at radius 2 is 1.86 bits per heavy atom. The van der Waals surface area contributed by atoms with Gasteiger partial charge in [-0.1, -0.05) is 42.5 Å². The zero-order valence-electron chi connectivity index (χ0n) is 20.8. The molecular weight excluding hydrogens is 472 g/mol. The molecule has 36 heavy (non-hydrogen) atoms. The van der Waals surface area contributed by atoms with Crippen molar-refractivity contribution in [1.29, 1.82) is 0 Å². The molecule has 1 aliphatic rings. The van der Waals surface area contributed by atoms with Crippen LogP contribution in [0.4, 0.5) is 0 Å². The number of rotatable bonds is 10. The maximum absolute atomic E-state index is 13.4. The van der Waals surface area contributed by atoms with Crippen molar-refractivity contribution in [3.05, 3.63) is 87.4 Å². The molecule has 4 atom stereocenters. The summed E-state index contributed by atoms with van der Waals surface area (Å²) in [5.41, 5.74) is 2.92. The zero-order chi connectivity index (χ0) is 25.7. The highest BCUT2D eigenvalue weighted by atomic mass is 32.1. The number of aromatic nitrogens is 1.